The van der Waals surface area contributed by atoms with E-state index in [0.29, 0.717) is 32.6 Å². The minimum absolute atomic E-state index is 0.0202. The van der Waals surface area contributed by atoms with Gasteiger partial charge in [-0.25, -0.2) is 4.98 Å². The van der Waals surface area contributed by atoms with Gasteiger partial charge in [-0.1, -0.05) is 0 Å². The first kappa shape index (κ1) is 21.6. The Kier molecular flexibility index (Phi) is 5.61. The summed E-state index contributed by atoms with van der Waals surface area (Å²) in [5.74, 6) is 0.577. The molecule has 0 bridgehead atoms. The monoisotopic (exact) mass is 452 g/mol. The van der Waals surface area contributed by atoms with Crippen molar-refractivity contribution in [3.63, 3.8) is 0 Å². The third-order valence-electron chi connectivity index (χ3n) is 6.83. The third kappa shape index (κ3) is 4.10. The van der Waals surface area contributed by atoms with Gasteiger partial charge in [0.1, 0.15) is 5.82 Å². The molecule has 2 aromatic rings. The number of ether oxygens (including phenoxy) is 1. The van der Waals surface area contributed by atoms with E-state index in [0.717, 1.165) is 23.6 Å². The predicted octanol–water partition coefficient (Wildman–Crippen LogP) is 1.89. The molecule has 1 aromatic heterocycles. The predicted molar refractivity (Wildman–Crippen MR) is 122 cm³/mol. The van der Waals surface area contributed by atoms with Gasteiger partial charge in [-0.05, 0) is 31.9 Å². The summed E-state index contributed by atoms with van der Waals surface area (Å²) in [6.07, 6.45) is 5.51. The molecule has 0 unspecified atom stereocenters. The number of carbonyl (C=O) groups excluding carboxylic acids is 1. The molecule has 4 heterocycles. The van der Waals surface area contributed by atoms with E-state index < -0.39 is 0 Å². The van der Waals surface area contributed by atoms with Crippen LogP contribution in [0.3, 0.4) is 0 Å². The highest BCUT2D eigenvalue weighted by atomic mass is 16.6. The normalized spacial score (nSPS) is 27.0. The minimum Gasteiger partial charge on any atom is -0.372 e. The summed E-state index contributed by atoms with van der Waals surface area (Å²) in [5, 5.41) is 11.4. The molecule has 2 fully saturated rings. The standard InChI is InChI=1S/C23H28N6O4/c1-15-12-27(13-16(2)33-15)23(30)19-10-17-9-18(29(31)32)3-4-20(17)28-8-7-26(14-21(19)28)22-11-24-5-6-25-22/h3-6,9,11,15-16,19,21H,7-8,10,12-14H2,1-2H3/t15-,16+,19-,21+/m1/s1. The van der Waals surface area contributed by atoms with Crippen molar-refractivity contribution in [2.75, 3.05) is 42.5 Å². The molecule has 10 nitrogen and oxygen atoms in total. The number of nitro groups is 1. The van der Waals surface area contributed by atoms with E-state index >= 15 is 0 Å². The molecular weight excluding hydrogens is 424 g/mol. The fourth-order valence-electron chi connectivity index (χ4n) is 5.46. The maximum absolute atomic E-state index is 13.8. The van der Waals surface area contributed by atoms with Gasteiger partial charge < -0.3 is 19.4 Å². The Morgan fingerprint density at radius 2 is 1.94 bits per heavy atom. The van der Waals surface area contributed by atoms with Gasteiger partial charge in [0.25, 0.3) is 5.69 Å². The summed E-state index contributed by atoms with van der Waals surface area (Å²) < 4.78 is 5.83. The van der Waals surface area contributed by atoms with Crippen LogP contribution in [0.25, 0.3) is 0 Å². The molecule has 0 spiro atoms. The number of amides is 1. The molecule has 1 amide bonds. The number of fused-ring (bicyclic) bond motifs is 3. The molecule has 0 radical (unpaired) electrons. The summed E-state index contributed by atoms with van der Waals surface area (Å²) in [4.78, 5) is 39.8. The molecule has 0 aliphatic carbocycles. The van der Waals surface area contributed by atoms with Gasteiger partial charge in [0.15, 0.2) is 0 Å². The topological polar surface area (TPSA) is 105 Å². The molecule has 3 aliphatic heterocycles. The highest BCUT2D eigenvalue weighted by Crippen LogP contribution is 2.39. The van der Waals surface area contributed by atoms with Crippen LogP contribution in [0.15, 0.2) is 36.8 Å². The summed E-state index contributed by atoms with van der Waals surface area (Å²) in [6.45, 7) is 7.16. The Labute approximate surface area is 192 Å². The molecule has 1 aromatic carbocycles. The van der Waals surface area contributed by atoms with Crippen LogP contribution in [-0.2, 0) is 16.0 Å². The van der Waals surface area contributed by atoms with Crippen molar-refractivity contribution in [1.82, 2.24) is 14.9 Å². The van der Waals surface area contributed by atoms with E-state index in [2.05, 4.69) is 19.8 Å². The second kappa shape index (κ2) is 8.58. The first-order valence-corrected chi connectivity index (χ1v) is 11.4. The first-order chi connectivity index (χ1) is 15.9. The smallest absolute Gasteiger partial charge is 0.269 e. The van der Waals surface area contributed by atoms with Crippen LogP contribution in [0, 0.1) is 16.0 Å². The quantitative estimate of drug-likeness (QED) is 0.514. The summed E-state index contributed by atoms with van der Waals surface area (Å²) in [6, 6.07) is 4.96. The van der Waals surface area contributed by atoms with E-state index in [-0.39, 0.29) is 40.7 Å². The number of nitrogens with zero attached hydrogens (tertiary/aromatic N) is 6. The number of hydrogen-bond acceptors (Lipinski definition) is 8. The Bertz CT molecular complexity index is 1040. The second-order valence-corrected chi connectivity index (χ2v) is 9.15. The van der Waals surface area contributed by atoms with E-state index in [4.69, 9.17) is 4.74 Å². The number of piperazine rings is 1. The average molecular weight is 453 g/mol. The molecule has 4 atom stereocenters. The van der Waals surface area contributed by atoms with E-state index in [1.54, 1.807) is 30.7 Å². The van der Waals surface area contributed by atoms with Gasteiger partial charge in [0, 0.05) is 62.9 Å². The number of aromatic nitrogens is 2. The minimum atomic E-state index is -0.374. The molecule has 10 heteroatoms. The van der Waals surface area contributed by atoms with Crippen LogP contribution in [0.1, 0.15) is 19.4 Å². The van der Waals surface area contributed by atoms with Crippen LogP contribution in [0.5, 0.6) is 0 Å². The van der Waals surface area contributed by atoms with Crippen molar-refractivity contribution in [3.05, 3.63) is 52.5 Å². The number of anilines is 2. The van der Waals surface area contributed by atoms with Crippen molar-refractivity contribution < 1.29 is 14.5 Å². The molecule has 0 N–H and O–H groups in total. The zero-order valence-electron chi connectivity index (χ0n) is 18.8. The molecule has 3 aliphatic rings. The summed E-state index contributed by atoms with van der Waals surface area (Å²) in [5.41, 5.74) is 1.91. The molecule has 2 saturated heterocycles. The van der Waals surface area contributed by atoms with E-state index in [1.807, 2.05) is 24.8 Å². The van der Waals surface area contributed by atoms with Gasteiger partial charge in [0.2, 0.25) is 5.91 Å². The van der Waals surface area contributed by atoms with Crippen LogP contribution in [-0.4, -0.2) is 76.7 Å². The van der Waals surface area contributed by atoms with Gasteiger partial charge in [-0.3, -0.25) is 19.9 Å². The fourth-order valence-corrected chi connectivity index (χ4v) is 5.46. The van der Waals surface area contributed by atoms with E-state index in [1.165, 1.54) is 0 Å². The summed E-state index contributed by atoms with van der Waals surface area (Å²) >= 11 is 0. The second-order valence-electron chi connectivity index (χ2n) is 9.15. The van der Waals surface area contributed by atoms with Crippen molar-refractivity contribution in [3.8, 4) is 0 Å². The molecule has 0 saturated carbocycles. The lowest BCUT2D eigenvalue weighted by molar-refractivity contribution is -0.384. The highest BCUT2D eigenvalue weighted by Gasteiger charge is 2.44. The van der Waals surface area contributed by atoms with Crippen LogP contribution >= 0.6 is 0 Å². The van der Waals surface area contributed by atoms with Crippen LogP contribution in [0.2, 0.25) is 0 Å². The molecule has 33 heavy (non-hydrogen) atoms. The van der Waals surface area contributed by atoms with Crippen molar-refractivity contribution in [2.24, 2.45) is 5.92 Å². The average Bonchev–Trinajstić information content (AvgIpc) is 2.82. The molecular formula is C23H28N6O4. The fraction of sp³-hybridized carbons (Fsp3) is 0.522. The van der Waals surface area contributed by atoms with Crippen LogP contribution in [0.4, 0.5) is 17.2 Å². The Morgan fingerprint density at radius 1 is 1.15 bits per heavy atom. The molecule has 5 rings (SSSR count). The number of rotatable bonds is 3. The Morgan fingerprint density at radius 3 is 2.64 bits per heavy atom. The number of hydrogen-bond donors (Lipinski definition) is 0. The Hall–Kier alpha value is -3.27. The van der Waals surface area contributed by atoms with Crippen LogP contribution < -0.4 is 9.80 Å². The van der Waals surface area contributed by atoms with Gasteiger partial charge in [-0.15, -0.1) is 0 Å². The lowest BCUT2D eigenvalue weighted by atomic mass is 9.82. The summed E-state index contributed by atoms with van der Waals surface area (Å²) in [7, 11) is 0. The number of morpholine rings is 1. The lowest BCUT2D eigenvalue weighted by Crippen LogP contribution is -2.62. The Balaban J connectivity index is 1.49. The highest BCUT2D eigenvalue weighted by molar-refractivity contribution is 5.83. The third-order valence-corrected chi connectivity index (χ3v) is 6.83. The van der Waals surface area contributed by atoms with Gasteiger partial charge >= 0.3 is 0 Å². The number of carbonyl (C=O) groups is 1. The zero-order valence-corrected chi connectivity index (χ0v) is 18.8. The molecule has 174 valence electrons. The maximum atomic E-state index is 13.8. The van der Waals surface area contributed by atoms with Gasteiger partial charge in [0.05, 0.1) is 35.3 Å². The SMILES string of the molecule is C[C@@H]1CN(C(=O)[C@@H]2Cc3cc([N+](=O)[O-])ccc3N3CCN(c4cnccn4)C[C@@H]23)C[C@H](C)O1. The first-order valence-electron chi connectivity index (χ1n) is 11.4. The van der Waals surface area contributed by atoms with Crippen molar-refractivity contribution in [2.45, 2.75) is 38.5 Å². The van der Waals surface area contributed by atoms with Gasteiger partial charge in [-0.2, -0.15) is 0 Å². The largest absolute Gasteiger partial charge is 0.372 e. The number of non-ortho nitro benzene ring substituents is 1. The lowest BCUT2D eigenvalue weighted by Gasteiger charge is -2.50. The van der Waals surface area contributed by atoms with Crippen molar-refractivity contribution in [1.29, 1.82) is 0 Å². The zero-order chi connectivity index (χ0) is 23.1. The van der Waals surface area contributed by atoms with Crippen molar-refractivity contribution >= 4 is 23.1 Å². The number of benzene rings is 1. The maximum Gasteiger partial charge on any atom is 0.269 e. The van der Waals surface area contributed by atoms with E-state index in [9.17, 15) is 14.9 Å². The number of nitro benzene ring substituents is 1.